The molecule has 0 radical (unpaired) electrons. The first-order valence-electron chi connectivity index (χ1n) is 2.06. The summed E-state index contributed by atoms with van der Waals surface area (Å²) in [6.45, 7) is 1.82. The fourth-order valence-corrected chi connectivity index (χ4v) is 0.454. The van der Waals surface area contributed by atoms with Crippen LogP contribution in [0.2, 0.25) is 0 Å². The Morgan fingerprint density at radius 2 is 2.43 bits per heavy atom. The molecule has 0 aliphatic rings. The summed E-state index contributed by atoms with van der Waals surface area (Å²) in [6, 6.07) is 0. The molecule has 0 amide bonds. The normalized spacial score (nSPS) is 11.4. The van der Waals surface area contributed by atoms with E-state index in [0.29, 0.717) is 5.75 Å². The highest BCUT2D eigenvalue weighted by Gasteiger charge is 1.83. The second-order valence-corrected chi connectivity index (χ2v) is 1.46. The molecule has 1 nitrogen and oxygen atoms in total. The van der Waals surface area contributed by atoms with Gasteiger partial charge in [-0.2, -0.15) is 12.6 Å². The van der Waals surface area contributed by atoms with Crippen LogP contribution in [0.15, 0.2) is 11.6 Å². The molecule has 0 bridgehead atoms. The highest BCUT2D eigenvalue weighted by atomic mass is 32.1. The molecule has 0 heterocycles. The van der Waals surface area contributed by atoms with E-state index < -0.39 is 0 Å². The number of hydrogen-bond acceptors (Lipinski definition) is 2. The average Bonchev–Trinajstić information content (AvgIpc) is 1.72. The van der Waals surface area contributed by atoms with E-state index in [0.717, 1.165) is 11.9 Å². The van der Waals surface area contributed by atoms with Crippen LogP contribution < -0.4 is 0 Å². The zero-order valence-electron chi connectivity index (χ0n) is 4.22. The summed E-state index contributed by atoms with van der Waals surface area (Å²) in [5.41, 5.74) is 0.739. The second kappa shape index (κ2) is 3.93. The van der Waals surface area contributed by atoms with Gasteiger partial charge in [-0.15, -0.1) is 0 Å². The predicted molar refractivity (Wildman–Crippen MR) is 33.7 cm³/mol. The van der Waals surface area contributed by atoms with Crippen LogP contribution in [0.5, 0.6) is 0 Å². The van der Waals surface area contributed by atoms with Crippen LogP contribution in [0.4, 0.5) is 0 Å². The Hall–Kier alpha value is -0.240. The molecule has 0 unspecified atom stereocenters. The molecule has 40 valence electrons. The maximum Gasteiger partial charge on any atom is 0.146 e. The first-order valence-corrected chi connectivity index (χ1v) is 2.69. The Bertz CT molecular complexity index is 86.1. The van der Waals surface area contributed by atoms with Gasteiger partial charge in [-0.3, -0.25) is 4.79 Å². The van der Waals surface area contributed by atoms with Crippen molar-refractivity contribution in [2.24, 2.45) is 0 Å². The summed E-state index contributed by atoms with van der Waals surface area (Å²) in [7, 11) is 0. The standard InChI is InChI=1S/C5H8OS/c1-2-5(3-6)4-7/h2-3,7H,4H2,1H3. The lowest BCUT2D eigenvalue weighted by atomic mass is 10.3. The third-order valence-electron chi connectivity index (χ3n) is 0.705. The van der Waals surface area contributed by atoms with Gasteiger partial charge >= 0.3 is 0 Å². The van der Waals surface area contributed by atoms with Crippen molar-refractivity contribution in [2.45, 2.75) is 6.92 Å². The van der Waals surface area contributed by atoms with Crippen molar-refractivity contribution in [3.8, 4) is 0 Å². The Morgan fingerprint density at radius 1 is 1.86 bits per heavy atom. The summed E-state index contributed by atoms with van der Waals surface area (Å²) in [5.74, 6) is 0.542. The number of rotatable bonds is 2. The number of hydrogen-bond donors (Lipinski definition) is 1. The van der Waals surface area contributed by atoms with Gasteiger partial charge in [-0.25, -0.2) is 0 Å². The third kappa shape index (κ3) is 2.45. The van der Waals surface area contributed by atoms with Gasteiger partial charge in [0.05, 0.1) is 0 Å². The van der Waals surface area contributed by atoms with E-state index in [-0.39, 0.29) is 0 Å². The molecule has 7 heavy (non-hydrogen) atoms. The summed E-state index contributed by atoms with van der Waals surface area (Å²) in [4.78, 5) is 9.85. The van der Waals surface area contributed by atoms with Crippen molar-refractivity contribution in [1.29, 1.82) is 0 Å². The van der Waals surface area contributed by atoms with Gasteiger partial charge in [0.1, 0.15) is 6.29 Å². The van der Waals surface area contributed by atoms with Crippen LogP contribution in [-0.2, 0) is 4.79 Å². The molecule has 0 saturated heterocycles. The van der Waals surface area contributed by atoms with E-state index in [1.807, 2.05) is 6.92 Å². The van der Waals surface area contributed by atoms with Crippen LogP contribution in [-0.4, -0.2) is 12.0 Å². The topological polar surface area (TPSA) is 17.1 Å². The quantitative estimate of drug-likeness (QED) is 0.324. The maximum absolute atomic E-state index is 9.85. The van der Waals surface area contributed by atoms with E-state index >= 15 is 0 Å². The van der Waals surface area contributed by atoms with Crippen molar-refractivity contribution in [2.75, 3.05) is 5.75 Å². The van der Waals surface area contributed by atoms with Gasteiger partial charge < -0.3 is 0 Å². The lowest BCUT2D eigenvalue weighted by Crippen LogP contribution is -1.82. The molecule has 0 saturated carbocycles. The molecule has 0 spiro atoms. The molecule has 0 aromatic carbocycles. The fourth-order valence-electron chi connectivity index (χ4n) is 0.197. The van der Waals surface area contributed by atoms with Crippen molar-refractivity contribution in [1.82, 2.24) is 0 Å². The van der Waals surface area contributed by atoms with Gasteiger partial charge in [0.15, 0.2) is 0 Å². The van der Waals surface area contributed by atoms with Crippen molar-refractivity contribution >= 4 is 18.9 Å². The fraction of sp³-hybridized carbons (Fsp3) is 0.400. The van der Waals surface area contributed by atoms with E-state index in [4.69, 9.17) is 0 Å². The van der Waals surface area contributed by atoms with Crippen LogP contribution >= 0.6 is 12.6 Å². The first kappa shape index (κ1) is 6.76. The highest BCUT2D eigenvalue weighted by molar-refractivity contribution is 7.80. The van der Waals surface area contributed by atoms with E-state index in [1.54, 1.807) is 6.08 Å². The molecule has 0 aliphatic heterocycles. The van der Waals surface area contributed by atoms with E-state index in [2.05, 4.69) is 12.6 Å². The minimum absolute atomic E-state index is 0.542. The molecule has 0 aromatic rings. The third-order valence-corrected chi connectivity index (χ3v) is 1.07. The predicted octanol–water partition coefficient (Wildman–Crippen LogP) is 1.06. The minimum atomic E-state index is 0.542. The van der Waals surface area contributed by atoms with Crippen molar-refractivity contribution in [3.63, 3.8) is 0 Å². The van der Waals surface area contributed by atoms with E-state index in [1.165, 1.54) is 0 Å². The Morgan fingerprint density at radius 3 is 2.43 bits per heavy atom. The zero-order chi connectivity index (χ0) is 5.70. The van der Waals surface area contributed by atoms with Gasteiger partial charge in [0.2, 0.25) is 0 Å². The van der Waals surface area contributed by atoms with Crippen LogP contribution in [0, 0.1) is 0 Å². The highest BCUT2D eigenvalue weighted by Crippen LogP contribution is 1.89. The second-order valence-electron chi connectivity index (χ2n) is 1.14. The monoisotopic (exact) mass is 116 g/mol. The van der Waals surface area contributed by atoms with Gasteiger partial charge in [0.25, 0.3) is 0 Å². The minimum Gasteiger partial charge on any atom is -0.298 e. The van der Waals surface area contributed by atoms with Crippen molar-refractivity contribution < 1.29 is 4.79 Å². The Balaban J connectivity index is 3.60. The molecule has 0 rings (SSSR count). The van der Waals surface area contributed by atoms with Crippen LogP contribution in [0.3, 0.4) is 0 Å². The van der Waals surface area contributed by atoms with Crippen molar-refractivity contribution in [3.05, 3.63) is 11.6 Å². The molecule has 0 N–H and O–H groups in total. The summed E-state index contributed by atoms with van der Waals surface area (Å²) in [5, 5.41) is 0. The summed E-state index contributed by atoms with van der Waals surface area (Å²) in [6.07, 6.45) is 2.56. The molecule has 0 aromatic heterocycles. The molecular weight excluding hydrogens is 108 g/mol. The van der Waals surface area contributed by atoms with Gasteiger partial charge in [-0.1, -0.05) is 6.08 Å². The molecule has 0 atom stereocenters. The lowest BCUT2D eigenvalue weighted by molar-refractivity contribution is -0.104. The average molecular weight is 116 g/mol. The Labute approximate surface area is 48.8 Å². The molecule has 0 aliphatic carbocycles. The number of aldehydes is 1. The number of carbonyl (C=O) groups is 1. The zero-order valence-corrected chi connectivity index (χ0v) is 5.11. The maximum atomic E-state index is 9.85. The summed E-state index contributed by atoms with van der Waals surface area (Å²) < 4.78 is 0. The molecule has 2 heteroatoms. The van der Waals surface area contributed by atoms with Gasteiger partial charge in [0, 0.05) is 5.75 Å². The number of allylic oxidation sites excluding steroid dienone is 1. The van der Waals surface area contributed by atoms with Crippen LogP contribution in [0.1, 0.15) is 6.92 Å². The largest absolute Gasteiger partial charge is 0.298 e. The molecule has 0 fully saturated rings. The Kier molecular flexibility index (Phi) is 3.80. The van der Waals surface area contributed by atoms with E-state index in [9.17, 15) is 4.79 Å². The van der Waals surface area contributed by atoms with Gasteiger partial charge in [-0.05, 0) is 12.5 Å². The smallest absolute Gasteiger partial charge is 0.146 e. The number of carbonyl (C=O) groups excluding carboxylic acids is 1. The lowest BCUT2D eigenvalue weighted by Gasteiger charge is -1.83. The molecular formula is C5H8OS. The summed E-state index contributed by atoms with van der Waals surface area (Å²) >= 11 is 3.88. The SMILES string of the molecule is CC=C(C=O)CS. The number of thiol groups is 1. The first-order chi connectivity index (χ1) is 3.35. The van der Waals surface area contributed by atoms with Crippen LogP contribution in [0.25, 0.3) is 0 Å².